The van der Waals surface area contributed by atoms with E-state index in [4.69, 9.17) is 9.47 Å². The van der Waals surface area contributed by atoms with Gasteiger partial charge in [0.2, 0.25) is 0 Å². The molecule has 0 aromatic heterocycles. The molecule has 0 fully saturated rings. The normalized spacial score (nSPS) is 10.9. The third-order valence-electron chi connectivity index (χ3n) is 4.73. The lowest BCUT2D eigenvalue weighted by molar-refractivity contribution is 0.299. The summed E-state index contributed by atoms with van der Waals surface area (Å²) in [4.78, 5) is 0. The minimum Gasteiger partial charge on any atom is -0.493 e. The molecule has 0 radical (unpaired) electrons. The first-order chi connectivity index (χ1) is 14.3. The molecule has 0 saturated heterocycles. The van der Waals surface area contributed by atoms with Gasteiger partial charge in [0.1, 0.15) is 11.5 Å². The third kappa shape index (κ3) is 5.84. The maximum atomic E-state index is 6.28. The van der Waals surface area contributed by atoms with Gasteiger partial charge in [-0.3, -0.25) is 0 Å². The zero-order chi connectivity index (χ0) is 20.3. The molecule has 0 bridgehead atoms. The van der Waals surface area contributed by atoms with Crippen molar-refractivity contribution < 1.29 is 9.47 Å². The Morgan fingerprint density at radius 2 is 1.03 bits per heavy atom. The minimum atomic E-state index is -0.779. The van der Waals surface area contributed by atoms with Gasteiger partial charge in [-0.1, -0.05) is 93.4 Å². The van der Waals surface area contributed by atoms with Crippen molar-refractivity contribution in [1.29, 1.82) is 0 Å². The molecule has 0 amide bonds. The van der Waals surface area contributed by atoms with Crippen LogP contribution in [0.3, 0.4) is 0 Å². The lowest BCUT2D eigenvalue weighted by atomic mass is 10.3. The zero-order valence-electron chi connectivity index (χ0n) is 17.5. The summed E-state index contributed by atoms with van der Waals surface area (Å²) in [7, 11) is -0.779. The van der Waals surface area contributed by atoms with E-state index in [-0.39, 0.29) is 0 Å². The van der Waals surface area contributed by atoms with E-state index < -0.39 is 7.92 Å². The van der Waals surface area contributed by atoms with Crippen molar-refractivity contribution in [3.63, 3.8) is 0 Å². The summed E-state index contributed by atoms with van der Waals surface area (Å²) in [6.07, 6.45) is 4.34. The molecule has 0 heterocycles. The first kappa shape index (κ1) is 21.4. The third-order valence-corrected chi connectivity index (χ3v) is 7.24. The van der Waals surface area contributed by atoms with Gasteiger partial charge < -0.3 is 9.47 Å². The van der Waals surface area contributed by atoms with Crippen LogP contribution in [0.25, 0.3) is 0 Å². The summed E-state index contributed by atoms with van der Waals surface area (Å²) in [6.45, 7) is 5.84. The van der Waals surface area contributed by atoms with Crippen LogP contribution < -0.4 is 25.4 Å². The van der Waals surface area contributed by atoms with Gasteiger partial charge in [-0.05, 0) is 43.5 Å². The predicted molar refractivity (Wildman–Crippen MR) is 126 cm³/mol. The molecule has 152 valence electrons. The summed E-state index contributed by atoms with van der Waals surface area (Å²) >= 11 is 0. The number of hydrogen-bond acceptors (Lipinski definition) is 2. The smallest absolute Gasteiger partial charge is 0.131 e. The van der Waals surface area contributed by atoms with E-state index in [0.29, 0.717) is 0 Å². The molecule has 2 nitrogen and oxygen atoms in total. The van der Waals surface area contributed by atoms with E-state index in [2.05, 4.69) is 92.7 Å². The molecule has 0 aliphatic heterocycles. The van der Waals surface area contributed by atoms with Crippen LogP contribution in [-0.4, -0.2) is 13.2 Å². The number of unbranched alkanes of at least 4 members (excludes halogenated alkanes) is 2. The maximum Gasteiger partial charge on any atom is 0.131 e. The van der Waals surface area contributed by atoms with E-state index >= 15 is 0 Å². The Hall–Kier alpha value is -2.31. The minimum absolute atomic E-state index is 0.731. The van der Waals surface area contributed by atoms with Crippen molar-refractivity contribution in [3.05, 3.63) is 78.9 Å². The van der Waals surface area contributed by atoms with Crippen molar-refractivity contribution in [2.45, 2.75) is 39.5 Å². The second-order valence-corrected chi connectivity index (χ2v) is 9.16. The summed E-state index contributed by atoms with van der Waals surface area (Å²) in [6, 6.07) is 27.7. The Kier molecular flexibility index (Phi) is 8.58. The van der Waals surface area contributed by atoms with Crippen LogP contribution in [0.2, 0.25) is 0 Å². The first-order valence-corrected chi connectivity index (χ1v) is 12.0. The Labute approximate surface area is 176 Å². The number of benzene rings is 3. The van der Waals surface area contributed by atoms with Gasteiger partial charge in [0.15, 0.2) is 0 Å². The van der Waals surface area contributed by atoms with Gasteiger partial charge >= 0.3 is 0 Å². The largest absolute Gasteiger partial charge is 0.493 e. The Balaban J connectivity index is 2.10. The van der Waals surface area contributed by atoms with E-state index in [0.717, 1.165) is 50.4 Å². The Morgan fingerprint density at radius 1 is 0.586 bits per heavy atom. The topological polar surface area (TPSA) is 18.5 Å². The molecule has 0 aliphatic rings. The molecule has 3 aromatic carbocycles. The quantitative estimate of drug-likeness (QED) is 0.296. The second kappa shape index (κ2) is 11.6. The maximum absolute atomic E-state index is 6.28. The molecular formula is C26H31O2P. The fourth-order valence-corrected chi connectivity index (χ4v) is 5.64. The second-order valence-electron chi connectivity index (χ2n) is 7.01. The number of rotatable bonds is 11. The lowest BCUT2D eigenvalue weighted by Crippen LogP contribution is -2.24. The van der Waals surface area contributed by atoms with Crippen LogP contribution in [-0.2, 0) is 0 Å². The van der Waals surface area contributed by atoms with Gasteiger partial charge in [0, 0.05) is 0 Å². The van der Waals surface area contributed by atoms with Crippen LogP contribution in [0.4, 0.5) is 0 Å². The molecule has 0 atom stereocenters. The van der Waals surface area contributed by atoms with E-state index in [9.17, 15) is 0 Å². The van der Waals surface area contributed by atoms with Crippen LogP contribution in [0, 0.1) is 0 Å². The predicted octanol–water partition coefficient (Wildman–Crippen LogP) is 5.80. The van der Waals surface area contributed by atoms with Gasteiger partial charge in [0.25, 0.3) is 0 Å². The van der Waals surface area contributed by atoms with Crippen LogP contribution in [0.1, 0.15) is 39.5 Å². The molecule has 0 aliphatic carbocycles. The molecule has 0 N–H and O–H groups in total. The van der Waals surface area contributed by atoms with E-state index in [1.165, 1.54) is 15.9 Å². The highest BCUT2D eigenvalue weighted by Crippen LogP contribution is 2.40. The van der Waals surface area contributed by atoms with Crippen molar-refractivity contribution in [3.8, 4) is 11.5 Å². The van der Waals surface area contributed by atoms with E-state index in [1.807, 2.05) is 0 Å². The molecule has 3 rings (SSSR count). The number of hydrogen-bond donors (Lipinski definition) is 0. The Bertz CT molecular complexity index is 781. The number of ether oxygens (including phenoxy) is 2. The zero-order valence-corrected chi connectivity index (χ0v) is 18.4. The monoisotopic (exact) mass is 406 g/mol. The van der Waals surface area contributed by atoms with E-state index in [1.54, 1.807) is 0 Å². The van der Waals surface area contributed by atoms with Crippen molar-refractivity contribution in [2.24, 2.45) is 0 Å². The molecule has 3 heteroatoms. The molecule has 0 unspecified atom stereocenters. The SMILES string of the molecule is CCCCOc1cccc(OCCCC)c1P(c1ccccc1)c1ccccc1. The highest BCUT2D eigenvalue weighted by molar-refractivity contribution is 7.80. The van der Waals surface area contributed by atoms with Crippen LogP contribution in [0.15, 0.2) is 78.9 Å². The van der Waals surface area contributed by atoms with Gasteiger partial charge in [-0.2, -0.15) is 0 Å². The van der Waals surface area contributed by atoms with Gasteiger partial charge in [-0.25, -0.2) is 0 Å². The highest BCUT2D eigenvalue weighted by atomic mass is 31.1. The van der Waals surface area contributed by atoms with Gasteiger partial charge in [-0.15, -0.1) is 0 Å². The summed E-state index contributed by atoms with van der Waals surface area (Å²) < 4.78 is 12.6. The molecule has 29 heavy (non-hydrogen) atoms. The van der Waals surface area contributed by atoms with Crippen LogP contribution >= 0.6 is 7.92 Å². The van der Waals surface area contributed by atoms with Gasteiger partial charge in [0.05, 0.1) is 18.5 Å². The average Bonchev–Trinajstić information content (AvgIpc) is 2.77. The molecule has 3 aromatic rings. The first-order valence-electron chi connectivity index (χ1n) is 10.6. The molecular weight excluding hydrogens is 375 g/mol. The van der Waals surface area contributed by atoms with Crippen molar-refractivity contribution >= 4 is 23.8 Å². The lowest BCUT2D eigenvalue weighted by Gasteiger charge is -2.25. The molecule has 0 spiro atoms. The van der Waals surface area contributed by atoms with Crippen molar-refractivity contribution in [1.82, 2.24) is 0 Å². The summed E-state index contributed by atoms with van der Waals surface area (Å²) in [5.74, 6) is 1.90. The Morgan fingerprint density at radius 3 is 1.45 bits per heavy atom. The van der Waals surface area contributed by atoms with Crippen LogP contribution in [0.5, 0.6) is 11.5 Å². The summed E-state index contributed by atoms with van der Waals surface area (Å²) in [5, 5.41) is 3.80. The average molecular weight is 407 g/mol. The molecule has 0 saturated carbocycles. The van der Waals surface area contributed by atoms with Crippen molar-refractivity contribution in [2.75, 3.05) is 13.2 Å². The fourth-order valence-electron chi connectivity index (χ4n) is 3.17. The fraction of sp³-hybridized carbons (Fsp3) is 0.308. The standard InChI is InChI=1S/C26H31O2P/c1-3-5-20-27-24-18-13-19-25(28-21-6-4-2)26(24)29(22-14-9-7-10-15-22)23-16-11-8-12-17-23/h7-19H,3-6,20-21H2,1-2H3. The summed E-state index contributed by atoms with van der Waals surface area (Å²) in [5.41, 5.74) is 0. The highest BCUT2D eigenvalue weighted by Gasteiger charge is 2.24.